The molecule has 5 aliphatic heterocycles. The lowest BCUT2D eigenvalue weighted by Gasteiger charge is -2.43. The Labute approximate surface area is 516 Å². The van der Waals surface area contributed by atoms with E-state index in [-0.39, 0.29) is 18.3 Å². The van der Waals surface area contributed by atoms with Gasteiger partial charge in [0, 0.05) is 139 Å². The summed E-state index contributed by atoms with van der Waals surface area (Å²) in [5.74, 6) is 5.18. The molecule has 6 atom stereocenters. The van der Waals surface area contributed by atoms with Gasteiger partial charge in [-0.2, -0.15) is 10.5 Å². The number of fused-ring (bicyclic) bond motifs is 6. The normalized spacial score (nSPS) is 24.8. The number of rotatable bonds is 18. The van der Waals surface area contributed by atoms with Crippen molar-refractivity contribution in [3.05, 3.63) is 55.8 Å². The van der Waals surface area contributed by atoms with Crippen molar-refractivity contribution in [1.29, 1.82) is 10.5 Å². The summed E-state index contributed by atoms with van der Waals surface area (Å²) in [5, 5.41) is 22.0. The number of nitrogens with zero attached hydrogens (tertiary/aromatic N) is 16. The first kappa shape index (κ1) is 64.8. The maximum absolute atomic E-state index is 9.32. The quantitative estimate of drug-likeness (QED) is 0.0449. The first-order valence-corrected chi connectivity index (χ1v) is 42.7. The van der Waals surface area contributed by atoms with Gasteiger partial charge in [0.05, 0.1) is 16.2 Å². The van der Waals surface area contributed by atoms with Crippen LogP contribution in [0.5, 0.6) is 0 Å². The summed E-state index contributed by atoms with van der Waals surface area (Å²) in [6, 6.07) is 9.91. The van der Waals surface area contributed by atoms with Gasteiger partial charge in [-0.15, -0.1) is 0 Å². The Morgan fingerprint density at radius 3 is 1.15 bits per heavy atom. The standard InChI is InChI=1S/2C21H32N6OSi.C21H34N4OSi.CH4/c2*1-21-12-25(14-22)11-17(21)5-7-26(13-21)19-18-6-8-27(20(18)24-15-23-19)16-28-9-10-29(2,3)4;1-21-9-5-6-17(21)7-10-24(14-21)19-18-8-11-25(20(18)23-15-22-19)16-26-12-13-27(2,3)4;/h2*6,8,15,17H,5,7,9-13,16H2,1-4H3;8,11,15,17H,5-7,9-10,12-14,16H2,1-4H3;1H4/t2*17-,21-;17-,21+;/m100./s1. The van der Waals surface area contributed by atoms with Crippen molar-refractivity contribution in [1.82, 2.24) is 53.4 Å². The smallest absolute Gasteiger partial charge is 0.179 e. The first-order chi connectivity index (χ1) is 40.4. The number of nitriles is 2. The second kappa shape index (κ2) is 26.6. The van der Waals surface area contributed by atoms with E-state index in [4.69, 9.17) is 14.2 Å². The zero-order valence-electron chi connectivity index (χ0n) is 53.5. The number of aromatic nitrogens is 9. The SMILES string of the molecule is C.C[C@@]12CN(C#N)C[C@@H]1CCN(c1ncnc3c1ccn3COCC[Si](C)(C)C)C2.C[C@]12CCC[C@H]1CCN(c1ncnc3c1ccn3COCC[Si](C)(C)C)C2.C[C@]12CN(C#N)C[C@H]1CCN(c1ncnc3c1ccn3COCC[Si](C)(C)C)C2. The Bertz CT molecular complexity index is 3170. The van der Waals surface area contributed by atoms with Crippen LogP contribution in [0.3, 0.4) is 0 Å². The van der Waals surface area contributed by atoms with Gasteiger partial charge in [0.15, 0.2) is 12.4 Å². The lowest BCUT2D eigenvalue weighted by molar-refractivity contribution is 0.0898. The fourth-order valence-corrected chi connectivity index (χ4v) is 16.6. The lowest BCUT2D eigenvalue weighted by atomic mass is 9.75. The number of ether oxygens (including phenoxy) is 3. The molecule has 0 aromatic carbocycles. The maximum Gasteiger partial charge on any atom is 0.179 e. The summed E-state index contributed by atoms with van der Waals surface area (Å²) in [5.41, 5.74) is 3.58. The molecule has 86 heavy (non-hydrogen) atoms. The molecule has 0 N–H and O–H groups in total. The van der Waals surface area contributed by atoms with Crippen LogP contribution in [0.2, 0.25) is 77.1 Å². The predicted octanol–water partition coefficient (Wildman–Crippen LogP) is 12.1. The molecule has 22 heteroatoms. The van der Waals surface area contributed by atoms with Crippen molar-refractivity contribution < 1.29 is 14.2 Å². The maximum atomic E-state index is 9.32. The number of hydrogen-bond acceptors (Lipinski definition) is 16. The van der Waals surface area contributed by atoms with Crippen LogP contribution in [0.4, 0.5) is 17.5 Å². The average molecular weight is 1230 g/mol. The van der Waals surface area contributed by atoms with E-state index >= 15 is 0 Å². The van der Waals surface area contributed by atoms with Gasteiger partial charge in [0.2, 0.25) is 0 Å². The molecular weight excluding hydrogens is 1130 g/mol. The van der Waals surface area contributed by atoms with Crippen LogP contribution in [0.25, 0.3) is 33.1 Å². The molecule has 0 unspecified atom stereocenters. The van der Waals surface area contributed by atoms with Gasteiger partial charge in [-0.25, -0.2) is 29.9 Å². The van der Waals surface area contributed by atoms with Gasteiger partial charge >= 0.3 is 0 Å². The van der Waals surface area contributed by atoms with Crippen LogP contribution in [0.15, 0.2) is 55.8 Å². The predicted molar refractivity (Wildman–Crippen MR) is 355 cm³/mol. The largest absolute Gasteiger partial charge is 0.361 e. The Hall–Kier alpha value is -5.63. The Morgan fingerprint density at radius 1 is 0.477 bits per heavy atom. The van der Waals surface area contributed by atoms with Gasteiger partial charge < -0.3 is 52.4 Å². The van der Waals surface area contributed by atoms with E-state index in [0.29, 0.717) is 37.4 Å². The van der Waals surface area contributed by atoms with E-state index in [2.05, 4.69) is 187 Å². The van der Waals surface area contributed by atoms with Crippen molar-refractivity contribution in [2.24, 2.45) is 34.0 Å². The van der Waals surface area contributed by atoms with E-state index in [1.165, 1.54) is 43.8 Å². The van der Waals surface area contributed by atoms with E-state index in [1.807, 2.05) is 9.80 Å². The van der Waals surface area contributed by atoms with E-state index in [9.17, 15) is 10.5 Å². The number of anilines is 3. The Balaban J connectivity index is 0.000000153. The van der Waals surface area contributed by atoms with Gasteiger partial charge in [-0.3, -0.25) is 0 Å². The van der Waals surface area contributed by atoms with Crippen molar-refractivity contribution in [3.63, 3.8) is 0 Å². The highest BCUT2D eigenvalue weighted by Crippen LogP contribution is 2.49. The molecule has 6 aromatic heterocycles. The molecule has 6 aliphatic rings. The van der Waals surface area contributed by atoms with Gasteiger partial charge in [-0.1, -0.05) is 93.5 Å². The average Bonchev–Trinajstić information content (AvgIpc) is 1.72. The fourth-order valence-electron chi connectivity index (χ4n) is 14.3. The van der Waals surface area contributed by atoms with Gasteiger partial charge in [0.25, 0.3) is 0 Å². The molecular formula is C64H102N16O3Si3. The molecule has 1 aliphatic carbocycles. The Kier molecular flexibility index (Phi) is 20.1. The summed E-state index contributed by atoms with van der Waals surface area (Å²) in [6.45, 7) is 42.0. The topological polar surface area (TPSA) is 184 Å². The minimum absolute atomic E-state index is 0. The summed E-state index contributed by atoms with van der Waals surface area (Å²) >= 11 is 0. The molecule has 6 aromatic rings. The molecule has 5 saturated heterocycles. The van der Waals surface area contributed by atoms with Gasteiger partial charge in [0.1, 0.15) is 73.6 Å². The van der Waals surface area contributed by atoms with Crippen molar-refractivity contribution in [3.8, 4) is 12.4 Å². The molecule has 6 fully saturated rings. The van der Waals surface area contributed by atoms with Crippen molar-refractivity contribution in [2.45, 2.75) is 164 Å². The lowest BCUT2D eigenvalue weighted by Crippen LogP contribution is -2.47. The van der Waals surface area contributed by atoms with E-state index in [0.717, 1.165) is 155 Å². The van der Waals surface area contributed by atoms with Crippen LogP contribution in [0, 0.1) is 56.9 Å². The minimum Gasteiger partial charge on any atom is -0.361 e. The number of hydrogen-bond donors (Lipinski definition) is 0. The van der Waals surface area contributed by atoms with Crippen LogP contribution >= 0.6 is 0 Å². The minimum atomic E-state index is -1.08. The van der Waals surface area contributed by atoms with Gasteiger partial charge in [-0.05, 0) is 91.6 Å². The second-order valence-electron chi connectivity index (χ2n) is 30.2. The molecule has 1 saturated carbocycles. The summed E-state index contributed by atoms with van der Waals surface area (Å²) in [6.07, 6.45) is 23.6. The third-order valence-corrected chi connectivity index (χ3v) is 24.7. The zero-order valence-corrected chi connectivity index (χ0v) is 56.5. The molecule has 19 nitrogen and oxygen atoms in total. The Morgan fingerprint density at radius 2 is 0.814 bits per heavy atom. The molecule has 0 radical (unpaired) electrons. The number of likely N-dealkylation sites (tertiary alicyclic amines) is 2. The van der Waals surface area contributed by atoms with Crippen molar-refractivity contribution >= 4 is 74.8 Å². The third-order valence-electron chi connectivity index (χ3n) is 19.6. The van der Waals surface area contributed by atoms with E-state index < -0.39 is 24.2 Å². The van der Waals surface area contributed by atoms with E-state index in [1.54, 1.807) is 19.0 Å². The molecule has 12 rings (SSSR count). The summed E-state index contributed by atoms with van der Waals surface area (Å²) in [4.78, 5) is 38.7. The van der Waals surface area contributed by atoms with Crippen LogP contribution < -0.4 is 14.7 Å². The molecule has 0 spiro atoms. The fraction of sp³-hybridized carbons (Fsp3) is 0.688. The highest BCUT2D eigenvalue weighted by atomic mass is 28.3. The molecule has 468 valence electrons. The summed E-state index contributed by atoms with van der Waals surface area (Å²) in [7, 11) is -3.21. The number of piperidine rings is 3. The molecule has 0 amide bonds. The van der Waals surface area contributed by atoms with Crippen LogP contribution in [0.1, 0.15) is 66.7 Å². The van der Waals surface area contributed by atoms with Crippen molar-refractivity contribution in [2.75, 3.05) is 100.0 Å². The highest BCUT2D eigenvalue weighted by Gasteiger charge is 2.49. The highest BCUT2D eigenvalue weighted by molar-refractivity contribution is 6.76. The van der Waals surface area contributed by atoms with Crippen LogP contribution in [-0.2, 0) is 34.4 Å². The first-order valence-electron chi connectivity index (χ1n) is 31.6. The van der Waals surface area contributed by atoms with Crippen LogP contribution in [-0.4, -0.2) is 163 Å². The monoisotopic (exact) mass is 1230 g/mol. The zero-order chi connectivity index (χ0) is 60.4. The second-order valence-corrected chi connectivity index (χ2v) is 47.1. The summed E-state index contributed by atoms with van der Waals surface area (Å²) < 4.78 is 24.1. The third kappa shape index (κ3) is 15.1. The molecule has 0 bridgehead atoms. The molecule has 11 heterocycles.